The quantitative estimate of drug-likeness (QED) is 0.205. The fourth-order valence-corrected chi connectivity index (χ4v) is 11.6. The van der Waals surface area contributed by atoms with E-state index in [9.17, 15) is 4.79 Å². The maximum Gasteiger partial charge on any atom is 0.308 e. The first-order valence-corrected chi connectivity index (χ1v) is 14.3. The highest BCUT2D eigenvalue weighted by Gasteiger charge is 2.46. The Morgan fingerprint density at radius 1 is 0.929 bits per heavy atom. The average molecular weight is 403 g/mol. The van der Waals surface area contributed by atoms with Crippen molar-refractivity contribution in [2.75, 3.05) is 7.11 Å². The second-order valence-corrected chi connectivity index (χ2v) is 13.6. The van der Waals surface area contributed by atoms with Crippen LogP contribution in [0.5, 0.6) is 0 Å². The minimum atomic E-state index is -1.65. The second kappa shape index (κ2) is 12.5. The number of hydrogen-bond acceptors (Lipinski definition) is 2. The van der Waals surface area contributed by atoms with Gasteiger partial charge in [0.05, 0.1) is 21.1 Å². The molecule has 0 spiro atoms. The van der Waals surface area contributed by atoms with Gasteiger partial charge in [0, 0.05) is 0 Å². The number of benzene rings is 1. The summed E-state index contributed by atoms with van der Waals surface area (Å²) >= 11 is 0. The summed E-state index contributed by atoms with van der Waals surface area (Å²) in [5.74, 6) is 0.160. The monoisotopic (exact) mass is 402 g/mol. The molecule has 0 bridgehead atoms. The van der Waals surface area contributed by atoms with Crippen LogP contribution >= 0.6 is 0 Å². The van der Waals surface area contributed by atoms with E-state index >= 15 is 0 Å². The van der Waals surface area contributed by atoms with Gasteiger partial charge in [0.25, 0.3) is 0 Å². The normalized spacial score (nSPS) is 19.7. The summed E-state index contributed by atoms with van der Waals surface area (Å²) in [6.07, 6.45) is 14.1. The van der Waals surface area contributed by atoms with Crippen molar-refractivity contribution >= 4 is 19.2 Å². The average Bonchev–Trinajstić information content (AvgIpc) is 3.23. The number of hydrogen-bond donors (Lipinski definition) is 0. The van der Waals surface area contributed by atoms with Crippen LogP contribution in [0.1, 0.15) is 84.5 Å². The maximum absolute atomic E-state index is 12.2. The van der Waals surface area contributed by atoms with E-state index in [1.54, 1.807) is 12.3 Å². The lowest BCUT2D eigenvalue weighted by molar-refractivity contribution is -0.145. The van der Waals surface area contributed by atoms with Crippen molar-refractivity contribution in [2.24, 2.45) is 5.92 Å². The zero-order valence-corrected chi connectivity index (χ0v) is 19.6. The molecule has 0 heterocycles. The minimum Gasteiger partial charge on any atom is -0.469 e. The maximum atomic E-state index is 12.2. The second-order valence-electron chi connectivity index (χ2n) is 8.87. The third-order valence-electron chi connectivity index (χ3n) is 7.05. The molecule has 1 saturated carbocycles. The van der Waals surface area contributed by atoms with Crippen molar-refractivity contribution in [3.05, 3.63) is 30.3 Å². The first-order valence-electron chi connectivity index (χ1n) is 11.8. The van der Waals surface area contributed by atoms with E-state index in [-0.39, 0.29) is 11.9 Å². The number of carbonyl (C=O) groups excluding carboxylic acids is 1. The van der Waals surface area contributed by atoms with Crippen LogP contribution in [-0.4, -0.2) is 21.2 Å². The molecule has 3 heteroatoms. The molecular formula is C25H42O2Si. The molecule has 1 aromatic carbocycles. The Balaban J connectivity index is 2.25. The summed E-state index contributed by atoms with van der Waals surface area (Å²) in [7, 11) is -0.0981. The Morgan fingerprint density at radius 2 is 1.54 bits per heavy atom. The number of methoxy groups -OCH3 is 1. The van der Waals surface area contributed by atoms with Gasteiger partial charge in [-0.2, -0.15) is 0 Å². The van der Waals surface area contributed by atoms with Crippen LogP contribution in [0.2, 0.25) is 17.6 Å². The molecule has 0 aromatic heterocycles. The lowest BCUT2D eigenvalue weighted by atomic mass is 10.1. The van der Waals surface area contributed by atoms with Crippen LogP contribution in [0.25, 0.3) is 0 Å². The Kier molecular flexibility index (Phi) is 10.3. The highest BCUT2D eigenvalue weighted by Crippen LogP contribution is 2.47. The first kappa shape index (κ1) is 23.2. The Labute approximate surface area is 174 Å². The van der Waals surface area contributed by atoms with E-state index < -0.39 is 8.07 Å². The van der Waals surface area contributed by atoms with Crippen LogP contribution in [0.4, 0.5) is 0 Å². The number of ether oxygens (including phenoxy) is 1. The first-order chi connectivity index (χ1) is 13.7. The number of rotatable bonds is 13. The fraction of sp³-hybridized carbons (Fsp3) is 0.720. The smallest absolute Gasteiger partial charge is 0.308 e. The van der Waals surface area contributed by atoms with Crippen LogP contribution in [0, 0.1) is 5.92 Å². The van der Waals surface area contributed by atoms with Crippen LogP contribution in [-0.2, 0) is 9.53 Å². The molecule has 2 atom stereocenters. The molecule has 2 rings (SSSR count). The van der Waals surface area contributed by atoms with E-state index in [4.69, 9.17) is 4.74 Å². The van der Waals surface area contributed by atoms with Gasteiger partial charge in [-0.05, 0) is 18.4 Å². The Bertz CT molecular complexity index is 545. The standard InChI is InChI=1S/C25H42O2Si/c1-4-6-8-13-19-28(20-14-9-7-5-2,23-15-11-10-12-16-23)24-18-17-22(21-24)25(26)27-3/h10-12,15-16,22,24H,4-9,13-14,17-21H2,1-3H3/t22-,24-/m1/s1. The van der Waals surface area contributed by atoms with E-state index in [1.807, 2.05) is 0 Å². The van der Waals surface area contributed by atoms with Crippen molar-refractivity contribution in [3.8, 4) is 0 Å². The molecule has 1 aromatic rings. The minimum absolute atomic E-state index is 0.0235. The van der Waals surface area contributed by atoms with Crippen LogP contribution in [0.15, 0.2) is 30.3 Å². The highest BCUT2D eigenvalue weighted by molar-refractivity contribution is 6.93. The van der Waals surface area contributed by atoms with Gasteiger partial charge in [-0.1, -0.05) is 119 Å². The lowest BCUT2D eigenvalue weighted by Crippen LogP contribution is -2.51. The Hall–Kier alpha value is -1.09. The van der Waals surface area contributed by atoms with Gasteiger partial charge in [0.15, 0.2) is 0 Å². The van der Waals surface area contributed by atoms with E-state index in [0.29, 0.717) is 0 Å². The van der Waals surface area contributed by atoms with E-state index in [0.717, 1.165) is 18.4 Å². The van der Waals surface area contributed by atoms with Gasteiger partial charge >= 0.3 is 5.97 Å². The summed E-state index contributed by atoms with van der Waals surface area (Å²) in [5.41, 5.74) is 0.738. The number of esters is 1. The third kappa shape index (κ3) is 6.20. The van der Waals surface area contributed by atoms with Crippen molar-refractivity contribution in [1.82, 2.24) is 0 Å². The van der Waals surface area contributed by atoms with Gasteiger partial charge in [-0.15, -0.1) is 0 Å². The van der Waals surface area contributed by atoms with Gasteiger partial charge in [0.1, 0.15) is 0 Å². The van der Waals surface area contributed by atoms with Crippen molar-refractivity contribution in [1.29, 1.82) is 0 Å². The van der Waals surface area contributed by atoms with Crippen molar-refractivity contribution < 1.29 is 9.53 Å². The van der Waals surface area contributed by atoms with E-state index in [2.05, 4.69) is 44.2 Å². The molecule has 2 nitrogen and oxygen atoms in total. The summed E-state index contributed by atoms with van der Waals surface area (Å²) in [6, 6.07) is 14.3. The molecule has 0 saturated heterocycles. The third-order valence-corrected chi connectivity index (χ3v) is 13.1. The van der Waals surface area contributed by atoms with Gasteiger partial charge in [-0.3, -0.25) is 4.79 Å². The predicted octanol–water partition coefficient (Wildman–Crippen LogP) is 6.85. The summed E-state index contributed by atoms with van der Waals surface area (Å²) < 4.78 is 5.10. The summed E-state index contributed by atoms with van der Waals surface area (Å²) in [4.78, 5) is 12.2. The molecule has 0 amide bonds. The largest absolute Gasteiger partial charge is 0.469 e. The van der Waals surface area contributed by atoms with Gasteiger partial charge in [0.2, 0.25) is 0 Å². The molecule has 0 aliphatic heterocycles. The van der Waals surface area contributed by atoms with E-state index in [1.165, 1.54) is 69.9 Å². The zero-order chi connectivity index (χ0) is 20.2. The fourth-order valence-electron chi connectivity index (χ4n) is 5.43. The predicted molar refractivity (Wildman–Crippen MR) is 123 cm³/mol. The van der Waals surface area contributed by atoms with Gasteiger partial charge < -0.3 is 4.74 Å². The molecule has 1 aliphatic carbocycles. The summed E-state index contributed by atoms with van der Waals surface area (Å²) in [5, 5.41) is 1.65. The summed E-state index contributed by atoms with van der Waals surface area (Å²) in [6.45, 7) is 4.59. The van der Waals surface area contributed by atoms with Crippen molar-refractivity contribution in [2.45, 2.75) is 102 Å². The van der Waals surface area contributed by atoms with Crippen LogP contribution in [0.3, 0.4) is 0 Å². The molecule has 0 N–H and O–H groups in total. The lowest BCUT2D eigenvalue weighted by Gasteiger charge is -2.39. The molecule has 0 unspecified atom stereocenters. The highest BCUT2D eigenvalue weighted by atomic mass is 28.3. The number of carbonyl (C=O) groups is 1. The number of unbranched alkanes of at least 4 members (excludes halogenated alkanes) is 6. The van der Waals surface area contributed by atoms with Crippen molar-refractivity contribution in [3.63, 3.8) is 0 Å². The van der Waals surface area contributed by atoms with Crippen LogP contribution < -0.4 is 5.19 Å². The molecule has 1 aliphatic rings. The zero-order valence-electron chi connectivity index (χ0n) is 18.6. The molecule has 28 heavy (non-hydrogen) atoms. The molecular weight excluding hydrogens is 360 g/mol. The SMILES string of the molecule is CCCCCC[Si](CCCCCC)(c1ccccc1)[C@@H]1CC[C@@H](C(=O)OC)C1. The molecule has 158 valence electrons. The topological polar surface area (TPSA) is 26.3 Å². The van der Waals surface area contributed by atoms with Gasteiger partial charge in [-0.25, -0.2) is 0 Å². The molecule has 1 fully saturated rings. The molecule has 0 radical (unpaired) electrons. The Morgan fingerprint density at radius 3 is 2.07 bits per heavy atom.